The van der Waals surface area contributed by atoms with Gasteiger partial charge in [-0.1, -0.05) is 0 Å². The first-order chi connectivity index (χ1) is 6.63. The quantitative estimate of drug-likeness (QED) is 0.483. The van der Waals surface area contributed by atoms with Crippen molar-refractivity contribution in [2.45, 2.75) is 12.5 Å². The fourth-order valence-corrected chi connectivity index (χ4v) is 2.69. The van der Waals surface area contributed by atoms with E-state index in [-0.39, 0.29) is 5.70 Å². The second-order valence-corrected chi connectivity index (χ2v) is 4.13. The summed E-state index contributed by atoms with van der Waals surface area (Å²) in [5, 5.41) is 20.3. The first-order valence-corrected chi connectivity index (χ1v) is 5.12. The molecule has 6 nitrogen and oxygen atoms in total. The zero-order valence-electron chi connectivity index (χ0n) is 7.17. The van der Waals surface area contributed by atoms with Crippen molar-refractivity contribution in [1.29, 1.82) is 0 Å². The number of fused-ring (bicyclic) bond motifs is 1. The molecule has 0 aliphatic carbocycles. The number of nitro groups is 1. The number of amides is 1. The van der Waals surface area contributed by atoms with Crippen LogP contribution in [0.2, 0.25) is 0 Å². The SMILES string of the molecule is O=C1C(O)C([N+](=O)[O-])=C2SCCCN12. The minimum absolute atomic E-state index is 0.318. The highest BCUT2D eigenvalue weighted by Crippen LogP contribution is 2.36. The fourth-order valence-electron chi connectivity index (χ4n) is 1.55. The van der Waals surface area contributed by atoms with E-state index in [9.17, 15) is 20.0 Å². The number of nitrogens with zero attached hydrogens (tertiary/aromatic N) is 2. The van der Waals surface area contributed by atoms with Gasteiger partial charge in [-0.15, -0.1) is 11.8 Å². The van der Waals surface area contributed by atoms with Crippen LogP contribution in [0.25, 0.3) is 0 Å². The van der Waals surface area contributed by atoms with Gasteiger partial charge in [-0.05, 0) is 6.42 Å². The van der Waals surface area contributed by atoms with Crippen LogP contribution < -0.4 is 0 Å². The normalized spacial score (nSPS) is 26.8. The maximum Gasteiger partial charge on any atom is 0.314 e. The summed E-state index contributed by atoms with van der Waals surface area (Å²) in [6.07, 6.45) is -0.775. The lowest BCUT2D eigenvalue weighted by molar-refractivity contribution is -0.433. The van der Waals surface area contributed by atoms with Gasteiger partial charge in [0, 0.05) is 12.3 Å². The van der Waals surface area contributed by atoms with Gasteiger partial charge in [0.1, 0.15) is 0 Å². The van der Waals surface area contributed by atoms with E-state index in [2.05, 4.69) is 0 Å². The summed E-state index contributed by atoms with van der Waals surface area (Å²) >= 11 is 1.26. The lowest BCUT2D eigenvalue weighted by atomic mass is 10.3. The van der Waals surface area contributed by atoms with E-state index in [1.54, 1.807) is 0 Å². The number of carbonyl (C=O) groups excluding carboxylic acids is 1. The number of hydrogen-bond acceptors (Lipinski definition) is 5. The predicted molar refractivity (Wildman–Crippen MR) is 48.8 cm³/mol. The molecule has 0 aromatic rings. The zero-order chi connectivity index (χ0) is 10.3. The van der Waals surface area contributed by atoms with Crippen LogP contribution in [0.3, 0.4) is 0 Å². The first kappa shape index (κ1) is 9.47. The van der Waals surface area contributed by atoms with Crippen molar-refractivity contribution in [1.82, 2.24) is 4.90 Å². The van der Waals surface area contributed by atoms with Gasteiger partial charge in [0.2, 0.25) is 6.10 Å². The Morgan fingerprint density at radius 2 is 2.36 bits per heavy atom. The van der Waals surface area contributed by atoms with Crippen LogP contribution in [-0.4, -0.2) is 39.2 Å². The van der Waals surface area contributed by atoms with Crippen molar-refractivity contribution in [3.05, 3.63) is 20.8 Å². The minimum atomic E-state index is -1.58. The molecule has 14 heavy (non-hydrogen) atoms. The number of thioether (sulfide) groups is 1. The van der Waals surface area contributed by atoms with Gasteiger partial charge in [-0.3, -0.25) is 19.8 Å². The summed E-state index contributed by atoms with van der Waals surface area (Å²) < 4.78 is 0. The van der Waals surface area contributed by atoms with Crippen LogP contribution in [0.4, 0.5) is 0 Å². The van der Waals surface area contributed by atoms with E-state index in [0.29, 0.717) is 11.6 Å². The molecular weight excluding hydrogens is 208 g/mol. The molecule has 1 fully saturated rings. The Bertz CT molecular complexity index is 341. The van der Waals surface area contributed by atoms with Crippen molar-refractivity contribution >= 4 is 17.7 Å². The molecule has 76 valence electrons. The van der Waals surface area contributed by atoms with Crippen molar-refractivity contribution in [3.8, 4) is 0 Å². The number of rotatable bonds is 1. The van der Waals surface area contributed by atoms with E-state index >= 15 is 0 Å². The highest BCUT2D eigenvalue weighted by atomic mass is 32.2. The topological polar surface area (TPSA) is 83.7 Å². The van der Waals surface area contributed by atoms with Crippen LogP contribution in [0, 0.1) is 10.1 Å². The van der Waals surface area contributed by atoms with Gasteiger partial charge >= 0.3 is 5.70 Å². The first-order valence-electron chi connectivity index (χ1n) is 4.13. The van der Waals surface area contributed by atoms with Gasteiger partial charge in [-0.25, -0.2) is 0 Å². The van der Waals surface area contributed by atoms with Crippen LogP contribution >= 0.6 is 11.8 Å². The molecule has 0 aromatic carbocycles. The van der Waals surface area contributed by atoms with E-state index in [1.807, 2.05) is 0 Å². The molecule has 0 bridgehead atoms. The average Bonchev–Trinajstić information content (AvgIpc) is 2.41. The average molecular weight is 216 g/mol. The number of aliphatic hydroxyl groups is 1. The Kier molecular flexibility index (Phi) is 2.20. The smallest absolute Gasteiger partial charge is 0.314 e. The number of aliphatic hydroxyl groups excluding tert-OH is 1. The molecule has 0 radical (unpaired) electrons. The zero-order valence-corrected chi connectivity index (χ0v) is 7.99. The highest BCUT2D eigenvalue weighted by Gasteiger charge is 2.47. The summed E-state index contributed by atoms with van der Waals surface area (Å²) in [5.74, 6) is 0.183. The Morgan fingerprint density at radius 1 is 1.64 bits per heavy atom. The molecule has 1 N–H and O–H groups in total. The van der Waals surface area contributed by atoms with E-state index in [1.165, 1.54) is 16.7 Å². The van der Waals surface area contributed by atoms with Crippen LogP contribution in [0.15, 0.2) is 10.7 Å². The third-order valence-corrected chi connectivity index (χ3v) is 3.38. The molecule has 1 saturated heterocycles. The lowest BCUT2D eigenvalue weighted by Crippen LogP contribution is -2.33. The van der Waals surface area contributed by atoms with E-state index < -0.39 is 16.9 Å². The molecule has 0 saturated carbocycles. The predicted octanol–water partition coefficient (Wildman–Crippen LogP) is -0.228. The van der Waals surface area contributed by atoms with Crippen LogP contribution in [0.1, 0.15) is 6.42 Å². The largest absolute Gasteiger partial charge is 0.373 e. The summed E-state index contributed by atoms with van der Waals surface area (Å²) in [6, 6.07) is 0. The molecule has 2 rings (SSSR count). The van der Waals surface area contributed by atoms with Crippen molar-refractivity contribution < 1.29 is 14.8 Å². The third kappa shape index (κ3) is 1.20. The third-order valence-electron chi connectivity index (χ3n) is 2.18. The van der Waals surface area contributed by atoms with Crippen molar-refractivity contribution in [3.63, 3.8) is 0 Å². The second kappa shape index (κ2) is 3.25. The molecule has 1 amide bonds. The van der Waals surface area contributed by atoms with Gasteiger partial charge in [0.15, 0.2) is 5.03 Å². The van der Waals surface area contributed by atoms with Gasteiger partial charge < -0.3 is 5.11 Å². The Balaban J connectivity index is 2.42. The maximum absolute atomic E-state index is 11.4. The molecule has 2 aliphatic heterocycles. The maximum atomic E-state index is 11.4. The molecule has 7 heteroatoms. The Morgan fingerprint density at radius 3 is 3.00 bits per heavy atom. The number of carbonyl (C=O) groups is 1. The molecule has 2 aliphatic rings. The molecule has 0 aromatic heterocycles. The van der Waals surface area contributed by atoms with Crippen LogP contribution in [-0.2, 0) is 4.79 Å². The summed E-state index contributed by atoms with van der Waals surface area (Å²) in [6.45, 7) is 0.468. The van der Waals surface area contributed by atoms with E-state index in [0.717, 1.165) is 12.2 Å². The second-order valence-electron chi connectivity index (χ2n) is 3.04. The molecule has 1 atom stereocenters. The fraction of sp³-hybridized carbons (Fsp3) is 0.571. The summed E-state index contributed by atoms with van der Waals surface area (Å²) in [5.41, 5.74) is -0.361. The summed E-state index contributed by atoms with van der Waals surface area (Å²) in [7, 11) is 0. The minimum Gasteiger partial charge on any atom is -0.373 e. The van der Waals surface area contributed by atoms with Crippen LogP contribution in [0.5, 0.6) is 0 Å². The molecule has 1 unspecified atom stereocenters. The van der Waals surface area contributed by atoms with Crippen molar-refractivity contribution in [2.75, 3.05) is 12.3 Å². The number of hydrogen-bond donors (Lipinski definition) is 1. The lowest BCUT2D eigenvalue weighted by Gasteiger charge is -2.22. The highest BCUT2D eigenvalue weighted by molar-refractivity contribution is 8.03. The summed E-state index contributed by atoms with van der Waals surface area (Å²) in [4.78, 5) is 22.6. The Hall–Kier alpha value is -1.08. The van der Waals surface area contributed by atoms with E-state index in [4.69, 9.17) is 0 Å². The monoisotopic (exact) mass is 216 g/mol. The molecule has 0 spiro atoms. The van der Waals surface area contributed by atoms with Crippen molar-refractivity contribution in [2.24, 2.45) is 0 Å². The molecule has 2 heterocycles. The standard InChI is InChI=1S/C7H8N2O4S/c10-5-4(9(12)13)7-8(6(5)11)2-1-3-14-7/h5,10H,1-3H2. The van der Waals surface area contributed by atoms with Gasteiger partial charge in [-0.2, -0.15) is 0 Å². The molecular formula is C7H8N2O4S. The Labute approximate surface area is 83.7 Å². The van der Waals surface area contributed by atoms with Gasteiger partial charge in [0.05, 0.1) is 4.92 Å². The van der Waals surface area contributed by atoms with Gasteiger partial charge in [0.25, 0.3) is 5.91 Å².